The maximum absolute atomic E-state index is 12.4. The third kappa shape index (κ3) is 3.06. The third-order valence-electron chi connectivity index (χ3n) is 3.17. The van der Waals surface area contributed by atoms with Gasteiger partial charge in [0.05, 0.1) is 22.3 Å². The fourth-order valence-corrected chi connectivity index (χ4v) is 3.58. The van der Waals surface area contributed by atoms with Crippen molar-refractivity contribution in [3.63, 3.8) is 0 Å². The Morgan fingerprint density at radius 2 is 1.85 bits per heavy atom. The molecule has 2 aromatic rings. The molecule has 0 aliphatic carbocycles. The lowest BCUT2D eigenvalue weighted by Gasteiger charge is -2.08. The molecule has 0 aliphatic rings. The molecule has 0 spiro atoms. The molecule has 20 heavy (non-hydrogen) atoms. The Hall–Kier alpha value is -2.12. The molecule has 0 atom stereocenters. The fraction of sp³-hybridized carbons (Fsp3) is 0.188. The summed E-state index contributed by atoms with van der Waals surface area (Å²) in [6.45, 7) is 3.69. The molecule has 0 fully saturated rings. The van der Waals surface area contributed by atoms with E-state index in [2.05, 4.69) is 0 Å². The van der Waals surface area contributed by atoms with Crippen LogP contribution in [0.25, 0.3) is 0 Å². The summed E-state index contributed by atoms with van der Waals surface area (Å²) in [6, 6.07) is 14.0. The highest BCUT2D eigenvalue weighted by atomic mass is 32.2. The lowest BCUT2D eigenvalue weighted by Crippen LogP contribution is -2.06. The minimum atomic E-state index is -3.36. The summed E-state index contributed by atoms with van der Waals surface area (Å²) in [4.78, 5) is 0.334. The second kappa shape index (κ2) is 5.48. The molecule has 0 saturated heterocycles. The van der Waals surface area contributed by atoms with Crippen molar-refractivity contribution in [2.45, 2.75) is 24.5 Å². The van der Waals surface area contributed by atoms with Crippen molar-refractivity contribution in [2.75, 3.05) is 0 Å². The van der Waals surface area contributed by atoms with Crippen LogP contribution in [0.2, 0.25) is 0 Å². The molecule has 0 heterocycles. The molecule has 0 aliphatic heterocycles. The number of aryl methyl sites for hydroxylation is 2. The van der Waals surface area contributed by atoms with Gasteiger partial charge in [0.15, 0.2) is 9.84 Å². The highest BCUT2D eigenvalue weighted by Crippen LogP contribution is 2.20. The number of hydrogen-bond donors (Lipinski definition) is 0. The van der Waals surface area contributed by atoms with Crippen molar-refractivity contribution < 1.29 is 8.42 Å². The highest BCUT2D eigenvalue weighted by molar-refractivity contribution is 7.90. The summed E-state index contributed by atoms with van der Waals surface area (Å²) in [5.74, 6) is -0.0476. The van der Waals surface area contributed by atoms with Crippen molar-refractivity contribution in [2.24, 2.45) is 0 Å². The molecule has 0 bridgehead atoms. The number of hydrogen-bond acceptors (Lipinski definition) is 3. The predicted molar refractivity (Wildman–Crippen MR) is 78.0 cm³/mol. The normalized spacial score (nSPS) is 11.1. The molecule has 102 valence electrons. The Bertz CT molecular complexity index is 786. The van der Waals surface area contributed by atoms with Crippen molar-refractivity contribution in [1.29, 1.82) is 5.26 Å². The van der Waals surface area contributed by atoms with Crippen molar-refractivity contribution in [3.05, 3.63) is 64.7 Å². The number of nitrogens with zero attached hydrogens (tertiary/aromatic N) is 1. The highest BCUT2D eigenvalue weighted by Gasteiger charge is 2.16. The number of sulfone groups is 1. The van der Waals surface area contributed by atoms with Gasteiger partial charge in [0.25, 0.3) is 0 Å². The van der Waals surface area contributed by atoms with Gasteiger partial charge in [0.1, 0.15) is 0 Å². The second-order valence-electron chi connectivity index (χ2n) is 4.83. The molecule has 0 amide bonds. The minimum Gasteiger partial charge on any atom is -0.223 e. The van der Waals surface area contributed by atoms with Gasteiger partial charge in [-0.05, 0) is 54.8 Å². The van der Waals surface area contributed by atoms with Crippen molar-refractivity contribution >= 4 is 9.84 Å². The zero-order valence-electron chi connectivity index (χ0n) is 11.4. The first-order valence-electron chi connectivity index (χ1n) is 6.21. The first-order chi connectivity index (χ1) is 9.42. The second-order valence-corrected chi connectivity index (χ2v) is 6.82. The number of rotatable bonds is 3. The first kappa shape index (κ1) is 14.3. The third-order valence-corrected chi connectivity index (χ3v) is 4.83. The molecule has 0 N–H and O–H groups in total. The van der Waals surface area contributed by atoms with E-state index < -0.39 is 9.84 Å². The Morgan fingerprint density at radius 1 is 1.10 bits per heavy atom. The van der Waals surface area contributed by atoms with Gasteiger partial charge in [-0.3, -0.25) is 0 Å². The number of nitriles is 1. The molecule has 0 radical (unpaired) electrons. The van der Waals surface area contributed by atoms with Gasteiger partial charge < -0.3 is 0 Å². The predicted octanol–water partition coefficient (Wildman–Crippen LogP) is 3.15. The van der Waals surface area contributed by atoms with Gasteiger partial charge in [-0.1, -0.05) is 18.2 Å². The summed E-state index contributed by atoms with van der Waals surface area (Å²) in [5, 5.41) is 8.83. The maximum atomic E-state index is 12.4. The van der Waals surface area contributed by atoms with E-state index in [-0.39, 0.29) is 5.75 Å². The van der Waals surface area contributed by atoms with Crippen LogP contribution in [-0.4, -0.2) is 8.42 Å². The van der Waals surface area contributed by atoms with E-state index in [1.54, 1.807) is 36.4 Å². The Morgan fingerprint density at radius 3 is 2.45 bits per heavy atom. The number of benzene rings is 2. The first-order valence-corrected chi connectivity index (χ1v) is 7.86. The van der Waals surface area contributed by atoms with E-state index in [9.17, 15) is 8.42 Å². The lowest BCUT2D eigenvalue weighted by molar-refractivity contribution is 0.595. The molecular weight excluding hydrogens is 270 g/mol. The smallest absolute Gasteiger partial charge is 0.182 e. The topological polar surface area (TPSA) is 57.9 Å². The quantitative estimate of drug-likeness (QED) is 0.870. The van der Waals surface area contributed by atoms with E-state index in [1.165, 1.54) is 0 Å². The van der Waals surface area contributed by atoms with E-state index in [0.717, 1.165) is 16.7 Å². The van der Waals surface area contributed by atoms with Crippen molar-refractivity contribution in [1.82, 2.24) is 0 Å². The Kier molecular flexibility index (Phi) is 3.91. The summed E-state index contributed by atoms with van der Waals surface area (Å²) in [6.07, 6.45) is 0. The minimum absolute atomic E-state index is 0.0476. The summed E-state index contributed by atoms with van der Waals surface area (Å²) in [7, 11) is -3.36. The summed E-state index contributed by atoms with van der Waals surface area (Å²) in [5.41, 5.74) is 3.01. The molecule has 3 nitrogen and oxygen atoms in total. The van der Waals surface area contributed by atoms with Gasteiger partial charge >= 0.3 is 0 Å². The molecule has 0 unspecified atom stereocenters. The van der Waals surface area contributed by atoms with E-state index in [1.807, 2.05) is 26.0 Å². The molecule has 4 heteroatoms. The SMILES string of the molecule is Cc1cccc(S(=O)(=O)Cc2ccc(C#N)cc2C)c1. The summed E-state index contributed by atoms with van der Waals surface area (Å²) >= 11 is 0. The van der Waals surface area contributed by atoms with Crippen LogP contribution in [-0.2, 0) is 15.6 Å². The van der Waals surface area contributed by atoms with Crippen LogP contribution in [0.15, 0.2) is 47.4 Å². The Balaban J connectivity index is 2.36. The average molecular weight is 285 g/mol. The van der Waals surface area contributed by atoms with E-state index in [4.69, 9.17) is 5.26 Å². The van der Waals surface area contributed by atoms with E-state index in [0.29, 0.717) is 10.5 Å². The van der Waals surface area contributed by atoms with Crippen LogP contribution >= 0.6 is 0 Å². The lowest BCUT2D eigenvalue weighted by atomic mass is 10.1. The van der Waals surface area contributed by atoms with Crippen LogP contribution in [0, 0.1) is 25.2 Å². The van der Waals surface area contributed by atoms with Gasteiger partial charge in [-0.15, -0.1) is 0 Å². The van der Waals surface area contributed by atoms with Gasteiger partial charge in [-0.2, -0.15) is 5.26 Å². The van der Waals surface area contributed by atoms with Crippen LogP contribution in [0.5, 0.6) is 0 Å². The van der Waals surface area contributed by atoms with Crippen molar-refractivity contribution in [3.8, 4) is 6.07 Å². The summed E-state index contributed by atoms with van der Waals surface area (Å²) < 4.78 is 24.8. The maximum Gasteiger partial charge on any atom is 0.182 e. The molecule has 2 rings (SSSR count). The molecule has 2 aromatic carbocycles. The standard InChI is InChI=1S/C16H15NO2S/c1-12-4-3-5-16(8-12)20(18,19)11-15-7-6-14(10-17)9-13(15)2/h3-9H,11H2,1-2H3. The average Bonchev–Trinajstić information content (AvgIpc) is 2.41. The van der Waals surface area contributed by atoms with Crippen LogP contribution in [0.1, 0.15) is 22.3 Å². The zero-order chi connectivity index (χ0) is 14.8. The van der Waals surface area contributed by atoms with Gasteiger partial charge in [0.2, 0.25) is 0 Å². The van der Waals surface area contributed by atoms with Crippen LogP contribution < -0.4 is 0 Å². The molecule has 0 saturated carbocycles. The fourth-order valence-electron chi connectivity index (χ4n) is 2.02. The largest absolute Gasteiger partial charge is 0.223 e. The van der Waals surface area contributed by atoms with E-state index >= 15 is 0 Å². The van der Waals surface area contributed by atoms with Crippen LogP contribution in [0.4, 0.5) is 0 Å². The molecular formula is C16H15NO2S. The van der Waals surface area contributed by atoms with Gasteiger partial charge in [-0.25, -0.2) is 8.42 Å². The van der Waals surface area contributed by atoms with Gasteiger partial charge in [0, 0.05) is 0 Å². The molecule has 0 aromatic heterocycles. The zero-order valence-corrected chi connectivity index (χ0v) is 12.2. The Labute approximate surface area is 119 Å². The monoisotopic (exact) mass is 285 g/mol. The van der Waals surface area contributed by atoms with Crippen LogP contribution in [0.3, 0.4) is 0 Å².